The van der Waals surface area contributed by atoms with Crippen molar-refractivity contribution in [3.63, 3.8) is 0 Å². The lowest BCUT2D eigenvalue weighted by Gasteiger charge is -2.20. The molecule has 1 N–H and O–H groups in total. The number of benzene rings is 2. The fourth-order valence-electron chi connectivity index (χ4n) is 3.15. The molecular weight excluding hydrogens is 354 g/mol. The average Bonchev–Trinajstić information content (AvgIpc) is 3.09. The Morgan fingerprint density at radius 2 is 1.81 bits per heavy atom. The van der Waals surface area contributed by atoms with Crippen LogP contribution in [0.25, 0.3) is 10.6 Å². The molecule has 1 aliphatic rings. The van der Waals surface area contributed by atoms with Gasteiger partial charge in [0.1, 0.15) is 22.3 Å². The third kappa shape index (κ3) is 3.24. The van der Waals surface area contributed by atoms with Crippen molar-refractivity contribution < 1.29 is 13.6 Å². The number of hydrogen-bond donors (Lipinski definition) is 1. The van der Waals surface area contributed by atoms with Crippen molar-refractivity contribution in [2.24, 2.45) is 5.92 Å². The number of halogens is 2. The number of thiazole rings is 1. The third-order valence-electron chi connectivity index (χ3n) is 4.54. The lowest BCUT2D eigenvalue weighted by atomic mass is 9.90. The molecule has 0 radical (unpaired) electrons. The van der Waals surface area contributed by atoms with Gasteiger partial charge in [-0.1, -0.05) is 36.4 Å². The highest BCUT2D eigenvalue weighted by Gasteiger charge is 2.28. The summed E-state index contributed by atoms with van der Waals surface area (Å²) in [5.41, 5.74) is 1.70. The van der Waals surface area contributed by atoms with E-state index >= 15 is 0 Å². The number of fused-ring (bicyclic) bond motifs is 1. The summed E-state index contributed by atoms with van der Waals surface area (Å²) in [7, 11) is 0. The number of carbonyl (C=O) groups is 1. The Labute approximate surface area is 153 Å². The Morgan fingerprint density at radius 1 is 1.08 bits per heavy atom. The van der Waals surface area contributed by atoms with Crippen LogP contribution in [0.1, 0.15) is 17.0 Å². The van der Waals surface area contributed by atoms with Crippen LogP contribution in [0, 0.1) is 17.6 Å². The molecule has 1 atom stereocenters. The van der Waals surface area contributed by atoms with Gasteiger partial charge in [0.15, 0.2) is 0 Å². The van der Waals surface area contributed by atoms with Gasteiger partial charge < -0.3 is 5.32 Å². The van der Waals surface area contributed by atoms with Crippen molar-refractivity contribution in [2.75, 3.05) is 5.32 Å². The smallest absolute Gasteiger partial charge is 0.228 e. The summed E-state index contributed by atoms with van der Waals surface area (Å²) in [4.78, 5) is 18.3. The first-order valence-corrected chi connectivity index (χ1v) is 9.22. The van der Waals surface area contributed by atoms with E-state index < -0.39 is 11.6 Å². The molecule has 0 spiro atoms. The van der Waals surface area contributed by atoms with Crippen molar-refractivity contribution in [1.82, 2.24) is 4.98 Å². The van der Waals surface area contributed by atoms with Gasteiger partial charge in [0.25, 0.3) is 0 Å². The number of hydrogen-bond acceptors (Lipinski definition) is 3. The number of carbonyl (C=O) groups excluding carboxylic acids is 1. The van der Waals surface area contributed by atoms with Crippen molar-refractivity contribution in [2.45, 2.75) is 19.3 Å². The highest BCUT2D eigenvalue weighted by Crippen LogP contribution is 2.35. The predicted molar refractivity (Wildman–Crippen MR) is 98.1 cm³/mol. The van der Waals surface area contributed by atoms with Gasteiger partial charge in [-0.15, -0.1) is 11.3 Å². The first-order chi connectivity index (χ1) is 12.6. The van der Waals surface area contributed by atoms with Crippen LogP contribution in [-0.2, 0) is 17.6 Å². The molecule has 6 heteroatoms. The van der Waals surface area contributed by atoms with Gasteiger partial charge in [-0.3, -0.25) is 4.79 Å². The lowest BCUT2D eigenvalue weighted by molar-refractivity contribution is -0.120. The van der Waals surface area contributed by atoms with E-state index in [1.807, 2.05) is 30.3 Å². The van der Waals surface area contributed by atoms with E-state index in [1.54, 1.807) is 11.3 Å². The maximum Gasteiger partial charge on any atom is 0.228 e. The minimum absolute atomic E-state index is 0.314. The van der Waals surface area contributed by atoms with E-state index in [0.29, 0.717) is 19.3 Å². The Hall–Kier alpha value is -2.60. The van der Waals surface area contributed by atoms with Crippen LogP contribution < -0.4 is 5.32 Å². The number of nitrogens with zero attached hydrogens (tertiary/aromatic N) is 1. The molecule has 1 unspecified atom stereocenters. The van der Waals surface area contributed by atoms with Crippen molar-refractivity contribution >= 4 is 22.9 Å². The number of nitrogens with one attached hydrogen (secondary N) is 1. The van der Waals surface area contributed by atoms with Crippen LogP contribution >= 0.6 is 11.3 Å². The second-order valence-electron chi connectivity index (χ2n) is 6.28. The van der Waals surface area contributed by atoms with E-state index in [4.69, 9.17) is 4.98 Å². The second-order valence-corrected chi connectivity index (χ2v) is 7.36. The molecule has 2 aromatic carbocycles. The minimum Gasteiger partial charge on any atom is -0.321 e. The molecule has 3 nitrogen and oxygen atoms in total. The van der Waals surface area contributed by atoms with Crippen LogP contribution in [0.15, 0.2) is 48.5 Å². The molecule has 0 bridgehead atoms. The highest BCUT2D eigenvalue weighted by molar-refractivity contribution is 7.15. The fourth-order valence-corrected chi connectivity index (χ4v) is 4.34. The van der Waals surface area contributed by atoms with Gasteiger partial charge in [0.05, 0.1) is 5.69 Å². The van der Waals surface area contributed by atoms with Crippen molar-refractivity contribution in [3.05, 3.63) is 70.7 Å². The van der Waals surface area contributed by atoms with Gasteiger partial charge in [0.2, 0.25) is 5.91 Å². The largest absolute Gasteiger partial charge is 0.321 e. The number of amides is 1. The molecule has 1 heterocycles. The SMILES string of the molecule is O=C(Nc1c(F)cccc1F)C1CCc2nc(-c3ccccc3)sc2C1. The number of rotatable bonds is 3. The molecule has 1 amide bonds. The molecule has 0 fully saturated rings. The molecule has 4 rings (SSSR count). The summed E-state index contributed by atoms with van der Waals surface area (Å²) in [5, 5.41) is 3.35. The summed E-state index contributed by atoms with van der Waals surface area (Å²) >= 11 is 1.58. The van der Waals surface area contributed by atoms with E-state index in [0.717, 1.165) is 33.3 Å². The third-order valence-corrected chi connectivity index (χ3v) is 5.71. The van der Waals surface area contributed by atoms with Gasteiger partial charge in [-0.2, -0.15) is 0 Å². The summed E-state index contributed by atoms with van der Waals surface area (Å²) < 4.78 is 27.5. The highest BCUT2D eigenvalue weighted by atomic mass is 32.1. The number of aromatic nitrogens is 1. The molecule has 0 aliphatic heterocycles. The molecule has 0 saturated carbocycles. The van der Waals surface area contributed by atoms with Crippen LogP contribution in [0.3, 0.4) is 0 Å². The normalized spacial score (nSPS) is 16.2. The number of anilines is 1. The monoisotopic (exact) mass is 370 g/mol. The summed E-state index contributed by atoms with van der Waals surface area (Å²) in [5.74, 6) is -2.20. The summed E-state index contributed by atoms with van der Waals surface area (Å²) in [6.45, 7) is 0. The van der Waals surface area contributed by atoms with E-state index in [2.05, 4.69) is 5.32 Å². The van der Waals surface area contributed by atoms with Gasteiger partial charge in [-0.05, 0) is 31.4 Å². The molecule has 1 aromatic heterocycles. The first kappa shape index (κ1) is 16.8. The van der Waals surface area contributed by atoms with Crippen LogP contribution in [0.4, 0.5) is 14.5 Å². The van der Waals surface area contributed by atoms with Crippen LogP contribution in [-0.4, -0.2) is 10.9 Å². The molecule has 1 aliphatic carbocycles. The van der Waals surface area contributed by atoms with Crippen LogP contribution in [0.2, 0.25) is 0 Å². The van der Waals surface area contributed by atoms with E-state index in [-0.39, 0.29) is 17.5 Å². The average molecular weight is 370 g/mol. The van der Waals surface area contributed by atoms with Gasteiger partial charge in [0, 0.05) is 16.4 Å². The predicted octanol–water partition coefficient (Wildman–Crippen LogP) is 4.83. The summed E-state index contributed by atoms with van der Waals surface area (Å²) in [6.07, 6.45) is 1.85. The quantitative estimate of drug-likeness (QED) is 0.717. The minimum atomic E-state index is -0.765. The van der Waals surface area contributed by atoms with E-state index in [9.17, 15) is 13.6 Å². The molecule has 0 saturated heterocycles. The Bertz CT molecular complexity index is 935. The zero-order valence-corrected chi connectivity index (χ0v) is 14.7. The first-order valence-electron chi connectivity index (χ1n) is 8.40. The van der Waals surface area contributed by atoms with Crippen molar-refractivity contribution in [3.8, 4) is 10.6 Å². The molecule has 3 aromatic rings. The zero-order chi connectivity index (χ0) is 18.1. The standard InChI is InChI=1S/C20H16F2N2OS/c21-14-7-4-8-15(22)18(14)24-19(25)13-9-10-16-17(11-13)26-20(23-16)12-5-2-1-3-6-12/h1-8,13H,9-11H2,(H,24,25). The van der Waals surface area contributed by atoms with Crippen LogP contribution in [0.5, 0.6) is 0 Å². The maximum absolute atomic E-state index is 13.7. The van der Waals surface area contributed by atoms with Crippen molar-refractivity contribution in [1.29, 1.82) is 0 Å². The summed E-state index contributed by atoms with van der Waals surface area (Å²) in [6, 6.07) is 13.4. The maximum atomic E-state index is 13.7. The second kappa shape index (κ2) is 6.96. The fraction of sp³-hybridized carbons (Fsp3) is 0.200. The Kier molecular flexibility index (Phi) is 4.51. The molecular formula is C20H16F2N2OS. The number of aryl methyl sites for hydroxylation is 1. The van der Waals surface area contributed by atoms with Gasteiger partial charge >= 0.3 is 0 Å². The molecule has 132 valence electrons. The van der Waals surface area contributed by atoms with Gasteiger partial charge in [-0.25, -0.2) is 13.8 Å². The van der Waals surface area contributed by atoms with E-state index in [1.165, 1.54) is 6.07 Å². The topological polar surface area (TPSA) is 42.0 Å². The Morgan fingerprint density at radius 3 is 2.54 bits per heavy atom. The Balaban J connectivity index is 1.51. The zero-order valence-electron chi connectivity index (χ0n) is 13.8. The molecule has 26 heavy (non-hydrogen) atoms. The number of para-hydroxylation sites is 1. The lowest BCUT2D eigenvalue weighted by Crippen LogP contribution is -2.28.